The standard InChI is InChI=1S/C7H7NO2.CH4S2/c8-6-4-2-1-3-5(6)7(9)10;1-3-2/h1-4H,8H2,(H,9,10);2H,1H3. The van der Waals surface area contributed by atoms with Crippen molar-refractivity contribution < 1.29 is 9.90 Å². The number of para-hydroxylation sites is 1. The lowest BCUT2D eigenvalue weighted by Gasteiger charge is -1.96. The molecule has 1 aromatic carbocycles. The molecule has 72 valence electrons. The Morgan fingerprint density at radius 2 is 2.00 bits per heavy atom. The lowest BCUT2D eigenvalue weighted by atomic mass is 10.2. The molecule has 0 unspecified atom stereocenters. The Labute approximate surface area is 86.1 Å². The molecule has 0 aliphatic rings. The maximum absolute atomic E-state index is 10.3. The predicted octanol–water partition coefficient (Wildman–Crippen LogP) is 2.16. The molecule has 0 spiro atoms. The molecule has 0 bridgehead atoms. The fraction of sp³-hybridized carbons (Fsp3) is 0.125. The van der Waals surface area contributed by atoms with E-state index in [0.29, 0.717) is 5.69 Å². The number of carboxylic acid groups (broad SMARTS) is 1. The molecule has 1 rings (SSSR count). The van der Waals surface area contributed by atoms with E-state index in [4.69, 9.17) is 10.8 Å². The van der Waals surface area contributed by atoms with Gasteiger partial charge in [0.05, 0.1) is 5.56 Å². The van der Waals surface area contributed by atoms with Gasteiger partial charge in [0.2, 0.25) is 0 Å². The van der Waals surface area contributed by atoms with Gasteiger partial charge in [-0.05, 0) is 18.4 Å². The molecule has 1 aromatic rings. The molecule has 0 saturated carbocycles. The number of nitrogen functional groups attached to an aromatic ring is 1. The van der Waals surface area contributed by atoms with E-state index in [9.17, 15) is 4.79 Å². The van der Waals surface area contributed by atoms with Gasteiger partial charge in [-0.25, -0.2) is 4.79 Å². The van der Waals surface area contributed by atoms with Crippen molar-refractivity contribution in [2.75, 3.05) is 12.0 Å². The minimum atomic E-state index is -0.988. The maximum atomic E-state index is 10.3. The fourth-order valence-corrected chi connectivity index (χ4v) is 0.692. The highest BCUT2D eigenvalue weighted by Crippen LogP contribution is 2.08. The minimum Gasteiger partial charge on any atom is -0.478 e. The molecule has 0 heterocycles. The summed E-state index contributed by atoms with van der Waals surface area (Å²) >= 11 is 3.71. The summed E-state index contributed by atoms with van der Waals surface area (Å²) in [5, 5.41) is 8.49. The number of carbonyl (C=O) groups is 1. The summed E-state index contributed by atoms with van der Waals surface area (Å²) in [6.45, 7) is 0. The van der Waals surface area contributed by atoms with E-state index >= 15 is 0 Å². The molecule has 5 heteroatoms. The Hall–Kier alpha value is -0.810. The van der Waals surface area contributed by atoms with Crippen LogP contribution in [0.2, 0.25) is 0 Å². The van der Waals surface area contributed by atoms with Crippen LogP contribution < -0.4 is 5.73 Å². The Bertz CT molecular complexity index is 279. The third-order valence-electron chi connectivity index (χ3n) is 1.19. The smallest absolute Gasteiger partial charge is 0.337 e. The third-order valence-corrected chi connectivity index (χ3v) is 1.19. The van der Waals surface area contributed by atoms with E-state index in [1.54, 1.807) is 18.2 Å². The van der Waals surface area contributed by atoms with Crippen molar-refractivity contribution in [3.8, 4) is 0 Å². The zero-order valence-corrected chi connectivity index (χ0v) is 8.81. The number of hydrogen-bond acceptors (Lipinski definition) is 4. The van der Waals surface area contributed by atoms with Gasteiger partial charge in [0.25, 0.3) is 0 Å². The average Bonchev–Trinajstić information content (AvgIpc) is 2.06. The van der Waals surface area contributed by atoms with E-state index in [0.717, 1.165) is 0 Å². The Morgan fingerprint density at radius 3 is 2.31 bits per heavy atom. The molecule has 0 saturated heterocycles. The number of rotatable bonds is 1. The Kier molecular flexibility index (Phi) is 6.26. The molecule has 0 aliphatic heterocycles. The van der Waals surface area contributed by atoms with Gasteiger partial charge in [-0.1, -0.05) is 12.1 Å². The van der Waals surface area contributed by atoms with Gasteiger partial charge < -0.3 is 10.8 Å². The SMILES string of the molecule is CSS.Nc1ccccc1C(=O)O. The number of nitrogens with two attached hydrogens (primary N) is 1. The first-order valence-electron chi connectivity index (χ1n) is 3.38. The van der Waals surface area contributed by atoms with Crippen molar-refractivity contribution in [3.05, 3.63) is 29.8 Å². The monoisotopic (exact) mass is 217 g/mol. The third kappa shape index (κ3) is 4.69. The molecule has 0 aliphatic carbocycles. The lowest BCUT2D eigenvalue weighted by molar-refractivity contribution is 0.0698. The number of hydrogen-bond donors (Lipinski definition) is 3. The van der Waals surface area contributed by atoms with Crippen molar-refractivity contribution >= 4 is 34.1 Å². The van der Waals surface area contributed by atoms with Crippen molar-refractivity contribution in [1.29, 1.82) is 0 Å². The highest BCUT2D eigenvalue weighted by atomic mass is 33.1. The van der Waals surface area contributed by atoms with Crippen LogP contribution in [0.3, 0.4) is 0 Å². The largest absolute Gasteiger partial charge is 0.478 e. The van der Waals surface area contributed by atoms with Crippen LogP contribution in [0.1, 0.15) is 10.4 Å². The van der Waals surface area contributed by atoms with Crippen molar-refractivity contribution in [1.82, 2.24) is 0 Å². The number of anilines is 1. The van der Waals surface area contributed by atoms with Gasteiger partial charge in [-0.3, -0.25) is 0 Å². The number of carboxylic acids is 1. The van der Waals surface area contributed by atoms with Crippen LogP contribution in [0.4, 0.5) is 5.69 Å². The summed E-state index contributed by atoms with van der Waals surface area (Å²) in [4.78, 5) is 10.3. The second-order valence-electron chi connectivity index (χ2n) is 2.07. The molecular formula is C8H11NO2S2. The van der Waals surface area contributed by atoms with Crippen LogP contribution in [0.5, 0.6) is 0 Å². The highest BCUT2D eigenvalue weighted by Gasteiger charge is 2.03. The summed E-state index contributed by atoms with van der Waals surface area (Å²) < 4.78 is 0. The average molecular weight is 217 g/mol. The van der Waals surface area contributed by atoms with Gasteiger partial charge in [0.15, 0.2) is 0 Å². The quantitative estimate of drug-likeness (QED) is 0.383. The number of aromatic carboxylic acids is 1. The van der Waals surface area contributed by atoms with E-state index in [2.05, 4.69) is 11.7 Å². The van der Waals surface area contributed by atoms with Crippen LogP contribution in [0.25, 0.3) is 0 Å². The van der Waals surface area contributed by atoms with Crippen LogP contribution in [-0.4, -0.2) is 17.3 Å². The van der Waals surface area contributed by atoms with Gasteiger partial charge in [-0.2, -0.15) is 0 Å². The molecule has 0 amide bonds. The molecular weight excluding hydrogens is 206 g/mol. The van der Waals surface area contributed by atoms with E-state index < -0.39 is 5.97 Å². The van der Waals surface area contributed by atoms with Crippen LogP contribution in [0.15, 0.2) is 24.3 Å². The summed E-state index contributed by atoms with van der Waals surface area (Å²) in [7, 11) is 1.44. The van der Waals surface area contributed by atoms with Crippen molar-refractivity contribution in [3.63, 3.8) is 0 Å². The second kappa shape index (κ2) is 6.68. The van der Waals surface area contributed by atoms with Gasteiger partial charge in [0.1, 0.15) is 0 Å². The lowest BCUT2D eigenvalue weighted by Crippen LogP contribution is -2.00. The zero-order chi connectivity index (χ0) is 10.3. The van der Waals surface area contributed by atoms with Crippen LogP contribution in [0, 0.1) is 0 Å². The van der Waals surface area contributed by atoms with Crippen LogP contribution >= 0.6 is 22.5 Å². The normalized spacial score (nSPS) is 8.46. The van der Waals surface area contributed by atoms with Crippen molar-refractivity contribution in [2.45, 2.75) is 0 Å². The summed E-state index contributed by atoms with van der Waals surface area (Å²) in [6, 6.07) is 6.36. The van der Waals surface area contributed by atoms with Crippen molar-refractivity contribution in [2.24, 2.45) is 0 Å². The first-order valence-corrected chi connectivity index (χ1v) is 5.66. The van der Waals surface area contributed by atoms with Gasteiger partial charge in [-0.15, -0.1) is 22.5 Å². The van der Waals surface area contributed by atoms with E-state index in [1.165, 1.54) is 16.9 Å². The first kappa shape index (κ1) is 12.2. The molecule has 0 radical (unpaired) electrons. The minimum absolute atomic E-state index is 0.155. The zero-order valence-electron chi connectivity index (χ0n) is 7.10. The number of thiol groups is 1. The molecule has 3 N–H and O–H groups in total. The second-order valence-corrected chi connectivity index (χ2v) is 3.54. The Morgan fingerprint density at radius 1 is 1.54 bits per heavy atom. The molecule has 0 aromatic heterocycles. The molecule has 3 nitrogen and oxygen atoms in total. The molecule has 0 atom stereocenters. The summed E-state index contributed by atoms with van der Waals surface area (Å²) in [5.41, 5.74) is 5.80. The maximum Gasteiger partial charge on any atom is 0.337 e. The highest BCUT2D eigenvalue weighted by molar-refractivity contribution is 8.68. The predicted molar refractivity (Wildman–Crippen MR) is 60.3 cm³/mol. The molecule has 13 heavy (non-hydrogen) atoms. The topological polar surface area (TPSA) is 63.3 Å². The van der Waals surface area contributed by atoms with E-state index in [1.807, 2.05) is 6.26 Å². The summed E-state index contributed by atoms with van der Waals surface area (Å²) in [5.74, 6) is -0.988. The van der Waals surface area contributed by atoms with E-state index in [-0.39, 0.29) is 5.56 Å². The first-order chi connectivity index (χ1) is 6.13. The van der Waals surface area contributed by atoms with Gasteiger partial charge >= 0.3 is 5.97 Å². The van der Waals surface area contributed by atoms with Crippen LogP contribution in [-0.2, 0) is 0 Å². The number of benzene rings is 1. The fourth-order valence-electron chi connectivity index (χ4n) is 0.692. The molecule has 0 fully saturated rings. The van der Waals surface area contributed by atoms with Gasteiger partial charge in [0, 0.05) is 5.69 Å². The Balaban J connectivity index is 0.000000424. The summed E-state index contributed by atoms with van der Waals surface area (Å²) in [6.07, 6.45) is 1.91.